The van der Waals surface area contributed by atoms with Crippen LogP contribution < -0.4 is 4.74 Å². The highest BCUT2D eigenvalue weighted by Crippen LogP contribution is 2.44. The number of benzene rings is 1. The highest BCUT2D eigenvalue weighted by molar-refractivity contribution is 6.08. The molecule has 0 aliphatic heterocycles. The number of ketones is 3. The summed E-state index contributed by atoms with van der Waals surface area (Å²) in [6, 6.07) is 7.14. The van der Waals surface area contributed by atoms with E-state index in [0.29, 0.717) is 37.0 Å². The molecule has 3 rings (SSSR count). The second-order valence-electron chi connectivity index (χ2n) is 9.07. The molecule has 1 fully saturated rings. The molecule has 0 bridgehead atoms. The van der Waals surface area contributed by atoms with E-state index >= 15 is 0 Å². The first-order valence-corrected chi connectivity index (χ1v) is 11.5. The van der Waals surface area contributed by atoms with Crippen LogP contribution in [0, 0.1) is 17.8 Å². The third kappa shape index (κ3) is 5.08. The summed E-state index contributed by atoms with van der Waals surface area (Å²) < 4.78 is 5.24. The molecule has 168 valence electrons. The Balaban J connectivity index is 2.03. The number of rotatable bonds is 8. The van der Waals surface area contributed by atoms with Gasteiger partial charge in [0.1, 0.15) is 17.3 Å². The van der Waals surface area contributed by atoms with Gasteiger partial charge in [0.25, 0.3) is 0 Å². The number of Topliss-reactive ketones (excluding diaryl/α,β-unsaturated/α-hetero) is 3. The van der Waals surface area contributed by atoms with Crippen LogP contribution >= 0.6 is 0 Å². The molecule has 0 spiro atoms. The first kappa shape index (κ1) is 23.2. The molecule has 2 aliphatic carbocycles. The summed E-state index contributed by atoms with van der Waals surface area (Å²) in [6.07, 6.45) is 5.10. The lowest BCUT2D eigenvalue weighted by Gasteiger charge is -2.35. The molecule has 1 unspecified atom stereocenters. The molecule has 0 heterocycles. The molecule has 1 aromatic rings. The van der Waals surface area contributed by atoms with Crippen LogP contribution in [0.4, 0.5) is 0 Å². The van der Waals surface area contributed by atoms with Crippen molar-refractivity contribution in [2.45, 2.75) is 71.1 Å². The first-order valence-electron chi connectivity index (χ1n) is 11.5. The Bertz CT molecular complexity index is 833. The predicted molar refractivity (Wildman–Crippen MR) is 119 cm³/mol. The Labute approximate surface area is 184 Å². The minimum atomic E-state index is -0.912. The smallest absolute Gasteiger partial charge is 0.163 e. The second kappa shape index (κ2) is 10.3. The number of aliphatic hydroxyl groups is 1. The molecule has 0 saturated heterocycles. The molecule has 2 aliphatic rings. The molecule has 5 nitrogen and oxygen atoms in total. The Hall–Kier alpha value is -2.43. The van der Waals surface area contributed by atoms with Crippen molar-refractivity contribution in [2.24, 2.45) is 17.8 Å². The largest absolute Gasteiger partial charge is 0.512 e. The molecule has 31 heavy (non-hydrogen) atoms. The number of methoxy groups -OCH3 is 1. The van der Waals surface area contributed by atoms with Crippen LogP contribution in [0.1, 0.15) is 76.7 Å². The lowest BCUT2D eigenvalue weighted by atomic mass is 9.66. The summed E-state index contributed by atoms with van der Waals surface area (Å²) in [5, 5.41) is 10.9. The SMILES string of the molecule is CCCC1CC(=O)C([C@@H](C2=C(O)CC(CCC)CC2=O)c2ccc(OC)cc2)C(=O)C1. The van der Waals surface area contributed by atoms with Crippen LogP contribution in [0.15, 0.2) is 35.6 Å². The van der Waals surface area contributed by atoms with Crippen molar-refractivity contribution in [1.29, 1.82) is 0 Å². The van der Waals surface area contributed by atoms with Gasteiger partial charge in [0.05, 0.1) is 18.8 Å². The van der Waals surface area contributed by atoms with Gasteiger partial charge in [0.15, 0.2) is 5.78 Å². The van der Waals surface area contributed by atoms with E-state index in [4.69, 9.17) is 4.74 Å². The van der Waals surface area contributed by atoms with Gasteiger partial charge in [0.2, 0.25) is 0 Å². The van der Waals surface area contributed by atoms with Crippen LogP contribution in [0.5, 0.6) is 5.75 Å². The van der Waals surface area contributed by atoms with E-state index in [9.17, 15) is 19.5 Å². The molecular formula is C26H34O5. The van der Waals surface area contributed by atoms with E-state index in [-0.39, 0.29) is 40.5 Å². The minimum Gasteiger partial charge on any atom is -0.512 e. The highest BCUT2D eigenvalue weighted by atomic mass is 16.5. The van der Waals surface area contributed by atoms with Crippen molar-refractivity contribution in [3.05, 3.63) is 41.2 Å². The topological polar surface area (TPSA) is 80.7 Å². The van der Waals surface area contributed by atoms with Gasteiger partial charge in [-0.25, -0.2) is 0 Å². The molecular weight excluding hydrogens is 392 g/mol. The first-order chi connectivity index (χ1) is 14.9. The van der Waals surface area contributed by atoms with Crippen LogP contribution in [-0.4, -0.2) is 29.6 Å². The number of aliphatic hydroxyl groups excluding tert-OH is 1. The van der Waals surface area contributed by atoms with Crippen molar-refractivity contribution in [1.82, 2.24) is 0 Å². The van der Waals surface area contributed by atoms with Gasteiger partial charge in [0, 0.05) is 37.2 Å². The lowest BCUT2D eigenvalue weighted by Crippen LogP contribution is -2.40. The van der Waals surface area contributed by atoms with Crippen molar-refractivity contribution >= 4 is 17.3 Å². The zero-order valence-electron chi connectivity index (χ0n) is 18.9. The number of carbonyl (C=O) groups is 3. The predicted octanol–water partition coefficient (Wildman–Crippen LogP) is 5.33. The van der Waals surface area contributed by atoms with Crippen LogP contribution in [0.3, 0.4) is 0 Å². The van der Waals surface area contributed by atoms with Gasteiger partial charge in [-0.15, -0.1) is 0 Å². The van der Waals surface area contributed by atoms with E-state index in [1.165, 1.54) is 0 Å². The molecule has 0 amide bonds. The maximum absolute atomic E-state index is 13.2. The van der Waals surface area contributed by atoms with Crippen molar-refractivity contribution in [3.8, 4) is 5.75 Å². The summed E-state index contributed by atoms with van der Waals surface area (Å²) in [6.45, 7) is 4.12. The Morgan fingerprint density at radius 3 is 1.94 bits per heavy atom. The van der Waals surface area contributed by atoms with Crippen LogP contribution in [-0.2, 0) is 14.4 Å². The van der Waals surface area contributed by atoms with E-state index in [1.807, 2.05) is 0 Å². The van der Waals surface area contributed by atoms with E-state index < -0.39 is 11.8 Å². The zero-order valence-corrected chi connectivity index (χ0v) is 18.9. The number of allylic oxidation sites excluding steroid dienone is 2. The van der Waals surface area contributed by atoms with Gasteiger partial charge in [-0.3, -0.25) is 14.4 Å². The van der Waals surface area contributed by atoms with E-state index in [0.717, 1.165) is 25.7 Å². The van der Waals surface area contributed by atoms with Gasteiger partial charge in [-0.2, -0.15) is 0 Å². The second-order valence-corrected chi connectivity index (χ2v) is 9.07. The van der Waals surface area contributed by atoms with E-state index in [2.05, 4.69) is 13.8 Å². The minimum absolute atomic E-state index is 0.0480. The highest BCUT2D eigenvalue weighted by Gasteiger charge is 2.45. The lowest BCUT2D eigenvalue weighted by molar-refractivity contribution is -0.138. The van der Waals surface area contributed by atoms with Gasteiger partial charge in [-0.05, 0) is 42.4 Å². The van der Waals surface area contributed by atoms with Crippen molar-refractivity contribution in [2.75, 3.05) is 7.11 Å². The van der Waals surface area contributed by atoms with Crippen molar-refractivity contribution in [3.63, 3.8) is 0 Å². The monoisotopic (exact) mass is 426 g/mol. The Morgan fingerprint density at radius 2 is 1.45 bits per heavy atom. The summed E-state index contributed by atoms with van der Waals surface area (Å²) in [5.74, 6) is -1.11. The molecule has 1 N–H and O–H groups in total. The number of ether oxygens (including phenoxy) is 1. The quantitative estimate of drug-likeness (QED) is 0.568. The van der Waals surface area contributed by atoms with Gasteiger partial charge < -0.3 is 9.84 Å². The maximum atomic E-state index is 13.2. The molecule has 0 aromatic heterocycles. The Kier molecular flexibility index (Phi) is 7.69. The average Bonchev–Trinajstić information content (AvgIpc) is 2.72. The fourth-order valence-corrected chi connectivity index (χ4v) is 5.35. The number of carbonyl (C=O) groups excluding carboxylic acids is 3. The van der Waals surface area contributed by atoms with Crippen LogP contribution in [0.2, 0.25) is 0 Å². The fraction of sp³-hybridized carbons (Fsp3) is 0.577. The average molecular weight is 427 g/mol. The molecule has 2 atom stereocenters. The molecule has 5 heteroatoms. The number of hydrogen-bond acceptors (Lipinski definition) is 5. The molecule has 0 radical (unpaired) electrons. The summed E-state index contributed by atoms with van der Waals surface area (Å²) in [4.78, 5) is 39.6. The normalized spacial score (nSPS) is 25.6. The van der Waals surface area contributed by atoms with Gasteiger partial charge >= 0.3 is 0 Å². The van der Waals surface area contributed by atoms with E-state index in [1.54, 1.807) is 31.4 Å². The van der Waals surface area contributed by atoms with Crippen molar-refractivity contribution < 1.29 is 24.2 Å². The Morgan fingerprint density at radius 1 is 0.903 bits per heavy atom. The standard InChI is InChI=1S/C26H34O5/c1-4-6-16-12-20(27)25(21(28)13-16)24(18-8-10-19(31-3)11-9-18)26-22(29)14-17(7-5-2)15-23(26)30/h8-11,16-17,24-25,29H,4-7,12-15H2,1-3H3/t16?,17?,24-,25?/m0/s1. The summed E-state index contributed by atoms with van der Waals surface area (Å²) in [5.41, 5.74) is 0.962. The molecule has 1 aromatic carbocycles. The van der Waals surface area contributed by atoms with Crippen LogP contribution in [0.25, 0.3) is 0 Å². The third-order valence-corrected chi connectivity index (χ3v) is 6.75. The maximum Gasteiger partial charge on any atom is 0.163 e. The number of hydrogen-bond donors (Lipinski definition) is 1. The van der Waals surface area contributed by atoms with Gasteiger partial charge in [-0.1, -0.05) is 38.8 Å². The molecule has 1 saturated carbocycles. The zero-order chi connectivity index (χ0) is 22.5. The fourth-order valence-electron chi connectivity index (χ4n) is 5.35. The summed E-state index contributed by atoms with van der Waals surface area (Å²) in [7, 11) is 1.57. The third-order valence-electron chi connectivity index (χ3n) is 6.75. The summed E-state index contributed by atoms with van der Waals surface area (Å²) >= 11 is 0.